The van der Waals surface area contributed by atoms with Gasteiger partial charge in [-0.2, -0.15) is 0 Å². The fourth-order valence-corrected chi connectivity index (χ4v) is 2.02. The summed E-state index contributed by atoms with van der Waals surface area (Å²) in [4.78, 5) is 11.3. The number of hydrogen-bond acceptors (Lipinski definition) is 3. The highest BCUT2D eigenvalue weighted by Crippen LogP contribution is 2.13. The molecule has 0 atom stereocenters. The van der Waals surface area contributed by atoms with E-state index in [0.29, 0.717) is 0 Å². The number of morpholine rings is 1. The van der Waals surface area contributed by atoms with E-state index in [-0.39, 0.29) is 0 Å². The van der Waals surface area contributed by atoms with E-state index in [1.165, 1.54) is 23.6 Å². The maximum Gasteiger partial charge on any atom is 0.116 e. The minimum absolute atomic E-state index is 0.750. The topological polar surface area (TPSA) is 29.5 Å². The molecule has 18 heavy (non-hydrogen) atoms. The fourth-order valence-electron chi connectivity index (χ4n) is 2.02. The molecule has 0 spiro atoms. The van der Waals surface area contributed by atoms with Gasteiger partial charge in [-0.25, -0.2) is 0 Å². The first kappa shape index (κ1) is 14.9. The highest BCUT2D eigenvalue weighted by molar-refractivity contribution is 5.44. The summed E-state index contributed by atoms with van der Waals surface area (Å²) in [6, 6.07) is 6.71. The van der Waals surface area contributed by atoms with Crippen molar-refractivity contribution in [3.8, 4) is 0 Å². The SMILES string of the molecule is CC=O.Cc1ccc(CN2CCOCC2)c(C)c1. The molecule has 1 aliphatic heterocycles. The molecule has 0 saturated carbocycles. The molecule has 3 nitrogen and oxygen atoms in total. The molecule has 0 radical (unpaired) electrons. The van der Waals surface area contributed by atoms with Crippen LogP contribution in [0, 0.1) is 13.8 Å². The Bertz CT molecular complexity index is 371. The monoisotopic (exact) mass is 249 g/mol. The van der Waals surface area contributed by atoms with Gasteiger partial charge in [0.1, 0.15) is 6.29 Å². The number of ether oxygens (including phenoxy) is 1. The number of benzene rings is 1. The second-order valence-corrected chi connectivity index (χ2v) is 4.55. The number of aldehydes is 1. The molecule has 1 aromatic rings. The molecule has 3 heteroatoms. The fraction of sp³-hybridized carbons (Fsp3) is 0.533. The molecule has 0 bridgehead atoms. The van der Waals surface area contributed by atoms with Crippen molar-refractivity contribution < 1.29 is 9.53 Å². The maximum atomic E-state index is 8.81. The van der Waals surface area contributed by atoms with Crippen molar-refractivity contribution in [3.05, 3.63) is 34.9 Å². The number of carbonyl (C=O) groups excluding carboxylic acids is 1. The zero-order chi connectivity index (χ0) is 13.4. The van der Waals surface area contributed by atoms with Crippen LogP contribution >= 0.6 is 0 Å². The van der Waals surface area contributed by atoms with Gasteiger partial charge in [0, 0.05) is 19.6 Å². The van der Waals surface area contributed by atoms with E-state index >= 15 is 0 Å². The molecule has 2 rings (SSSR count). The molecule has 0 unspecified atom stereocenters. The molecule has 1 aliphatic rings. The third kappa shape index (κ3) is 4.98. The Morgan fingerprint density at radius 1 is 1.28 bits per heavy atom. The molecular formula is C15H23NO2. The average Bonchev–Trinajstić information content (AvgIpc) is 2.35. The van der Waals surface area contributed by atoms with Crippen LogP contribution in [0.5, 0.6) is 0 Å². The molecule has 0 amide bonds. The molecule has 100 valence electrons. The second-order valence-electron chi connectivity index (χ2n) is 4.55. The van der Waals surface area contributed by atoms with Crippen LogP contribution < -0.4 is 0 Å². The predicted molar refractivity (Wildman–Crippen MR) is 73.8 cm³/mol. The number of aryl methyl sites for hydroxylation is 2. The van der Waals surface area contributed by atoms with Crippen LogP contribution in [0.2, 0.25) is 0 Å². The van der Waals surface area contributed by atoms with Crippen LogP contribution in [0.25, 0.3) is 0 Å². The molecule has 0 aromatic heterocycles. The normalized spacial score (nSPS) is 15.7. The molecular weight excluding hydrogens is 226 g/mol. The molecule has 1 aromatic carbocycles. The van der Waals surface area contributed by atoms with Crippen molar-refractivity contribution in [1.82, 2.24) is 4.90 Å². The average molecular weight is 249 g/mol. The van der Waals surface area contributed by atoms with Crippen molar-refractivity contribution in [1.29, 1.82) is 0 Å². The highest BCUT2D eigenvalue weighted by Gasteiger charge is 2.11. The third-order valence-electron chi connectivity index (χ3n) is 3.00. The van der Waals surface area contributed by atoms with E-state index in [0.717, 1.165) is 39.1 Å². The van der Waals surface area contributed by atoms with Crippen molar-refractivity contribution in [2.75, 3.05) is 26.3 Å². The van der Waals surface area contributed by atoms with Crippen molar-refractivity contribution in [2.45, 2.75) is 27.3 Å². The molecule has 1 heterocycles. The van der Waals surface area contributed by atoms with Gasteiger partial charge in [0.05, 0.1) is 13.2 Å². The Morgan fingerprint density at radius 3 is 2.44 bits per heavy atom. The number of rotatable bonds is 2. The summed E-state index contributed by atoms with van der Waals surface area (Å²) in [6.45, 7) is 10.7. The highest BCUT2D eigenvalue weighted by atomic mass is 16.5. The van der Waals surface area contributed by atoms with Gasteiger partial charge in [-0.05, 0) is 31.9 Å². The lowest BCUT2D eigenvalue weighted by molar-refractivity contribution is -0.106. The zero-order valence-electron chi connectivity index (χ0n) is 11.6. The lowest BCUT2D eigenvalue weighted by atomic mass is 10.1. The lowest BCUT2D eigenvalue weighted by Crippen LogP contribution is -2.35. The summed E-state index contributed by atoms with van der Waals surface area (Å²) < 4.78 is 5.35. The Kier molecular flexibility index (Phi) is 6.61. The number of hydrogen-bond donors (Lipinski definition) is 0. The molecule has 0 N–H and O–H groups in total. The smallest absolute Gasteiger partial charge is 0.116 e. The Hall–Kier alpha value is -1.19. The quantitative estimate of drug-likeness (QED) is 0.753. The van der Waals surface area contributed by atoms with Gasteiger partial charge < -0.3 is 9.53 Å². The van der Waals surface area contributed by atoms with E-state index in [9.17, 15) is 0 Å². The van der Waals surface area contributed by atoms with Gasteiger partial charge in [-0.15, -0.1) is 0 Å². The van der Waals surface area contributed by atoms with Crippen molar-refractivity contribution >= 4 is 6.29 Å². The minimum Gasteiger partial charge on any atom is -0.379 e. The van der Waals surface area contributed by atoms with Crippen LogP contribution in [-0.4, -0.2) is 37.5 Å². The van der Waals surface area contributed by atoms with E-state index in [1.807, 2.05) is 0 Å². The van der Waals surface area contributed by atoms with Gasteiger partial charge >= 0.3 is 0 Å². The minimum atomic E-state index is 0.750. The molecule has 0 aliphatic carbocycles. The van der Waals surface area contributed by atoms with Gasteiger partial charge in [-0.3, -0.25) is 4.90 Å². The maximum absolute atomic E-state index is 8.81. The predicted octanol–water partition coefficient (Wildman–Crippen LogP) is 2.34. The Morgan fingerprint density at radius 2 is 1.89 bits per heavy atom. The summed E-state index contributed by atoms with van der Waals surface area (Å²) in [7, 11) is 0. The van der Waals surface area contributed by atoms with Crippen LogP contribution in [0.15, 0.2) is 18.2 Å². The molecule has 1 saturated heterocycles. The third-order valence-corrected chi connectivity index (χ3v) is 3.00. The van der Waals surface area contributed by atoms with E-state index in [1.54, 1.807) is 0 Å². The van der Waals surface area contributed by atoms with E-state index < -0.39 is 0 Å². The Balaban J connectivity index is 0.000000492. The first-order chi connectivity index (χ1) is 8.67. The summed E-state index contributed by atoms with van der Waals surface area (Å²) in [5.74, 6) is 0. The van der Waals surface area contributed by atoms with Gasteiger partial charge in [0.2, 0.25) is 0 Å². The van der Waals surface area contributed by atoms with E-state index in [4.69, 9.17) is 9.53 Å². The largest absolute Gasteiger partial charge is 0.379 e. The number of nitrogens with zero attached hydrogens (tertiary/aromatic N) is 1. The van der Waals surface area contributed by atoms with Crippen LogP contribution in [0.1, 0.15) is 23.6 Å². The summed E-state index contributed by atoms with van der Waals surface area (Å²) in [6.07, 6.45) is 0.750. The van der Waals surface area contributed by atoms with Gasteiger partial charge in [0.25, 0.3) is 0 Å². The second kappa shape index (κ2) is 8.01. The first-order valence-corrected chi connectivity index (χ1v) is 6.43. The van der Waals surface area contributed by atoms with Crippen molar-refractivity contribution in [2.24, 2.45) is 0 Å². The van der Waals surface area contributed by atoms with Crippen LogP contribution in [-0.2, 0) is 16.1 Å². The summed E-state index contributed by atoms with van der Waals surface area (Å²) in [5, 5.41) is 0. The standard InChI is InChI=1S/C13H19NO.C2H4O/c1-11-3-4-13(12(2)9-11)10-14-5-7-15-8-6-14;1-2-3/h3-4,9H,5-8,10H2,1-2H3;2H,1H3. The van der Waals surface area contributed by atoms with Gasteiger partial charge in [-0.1, -0.05) is 23.8 Å². The zero-order valence-corrected chi connectivity index (χ0v) is 11.6. The van der Waals surface area contributed by atoms with Gasteiger partial charge in [0.15, 0.2) is 0 Å². The van der Waals surface area contributed by atoms with E-state index in [2.05, 4.69) is 36.9 Å². The summed E-state index contributed by atoms with van der Waals surface area (Å²) >= 11 is 0. The van der Waals surface area contributed by atoms with Crippen LogP contribution in [0.3, 0.4) is 0 Å². The summed E-state index contributed by atoms with van der Waals surface area (Å²) in [5.41, 5.74) is 4.20. The number of carbonyl (C=O) groups is 1. The van der Waals surface area contributed by atoms with Crippen molar-refractivity contribution in [3.63, 3.8) is 0 Å². The lowest BCUT2D eigenvalue weighted by Gasteiger charge is -2.27. The molecule has 1 fully saturated rings. The van der Waals surface area contributed by atoms with Crippen LogP contribution in [0.4, 0.5) is 0 Å². The Labute approximate surface area is 110 Å². The first-order valence-electron chi connectivity index (χ1n) is 6.43.